The second-order valence-corrected chi connectivity index (χ2v) is 6.77. The number of nitrogens with one attached hydrogen (secondary N) is 1. The number of likely N-dealkylation sites (N-methyl/N-ethyl adjacent to an activating group) is 1. The van der Waals surface area contributed by atoms with Crippen LogP contribution in [0.1, 0.15) is 18.4 Å². The van der Waals surface area contributed by atoms with Crippen LogP contribution in [0.5, 0.6) is 0 Å². The molecule has 1 aromatic heterocycles. The number of piperazine rings is 1. The Morgan fingerprint density at radius 3 is 2.71 bits per heavy atom. The van der Waals surface area contributed by atoms with E-state index >= 15 is 0 Å². The molecule has 1 amide bonds. The van der Waals surface area contributed by atoms with Crippen LogP contribution in [0.15, 0.2) is 15.8 Å². The van der Waals surface area contributed by atoms with Crippen molar-refractivity contribution in [3.05, 3.63) is 32.6 Å². The smallest absolute Gasteiger partial charge is 0.328 e. The molecule has 132 valence electrons. The summed E-state index contributed by atoms with van der Waals surface area (Å²) in [6.45, 7) is 5.11. The molecule has 8 heteroatoms. The summed E-state index contributed by atoms with van der Waals surface area (Å²) in [6, 6.07) is 0. The number of hydrogen-bond donors (Lipinski definition) is 1. The Hall–Kier alpha value is -1.93. The highest BCUT2D eigenvalue weighted by Gasteiger charge is 2.42. The highest BCUT2D eigenvalue weighted by molar-refractivity contribution is 5.76. The van der Waals surface area contributed by atoms with Gasteiger partial charge in [-0.05, 0) is 26.8 Å². The van der Waals surface area contributed by atoms with Gasteiger partial charge in [-0.15, -0.1) is 0 Å². The highest BCUT2D eigenvalue weighted by atomic mass is 16.5. The molecule has 3 rings (SSSR count). The van der Waals surface area contributed by atoms with Gasteiger partial charge in [0.15, 0.2) is 0 Å². The molecular formula is C16H24N4O4. The molecule has 8 nitrogen and oxygen atoms in total. The maximum absolute atomic E-state index is 12.7. The van der Waals surface area contributed by atoms with Gasteiger partial charge in [0.25, 0.3) is 5.56 Å². The van der Waals surface area contributed by atoms with Gasteiger partial charge in [-0.2, -0.15) is 0 Å². The van der Waals surface area contributed by atoms with Crippen molar-refractivity contribution in [1.29, 1.82) is 0 Å². The monoisotopic (exact) mass is 336 g/mol. The number of ether oxygens (including phenoxy) is 1. The predicted octanol–water partition coefficient (Wildman–Crippen LogP) is -0.832. The lowest BCUT2D eigenvalue weighted by Gasteiger charge is -2.51. The fourth-order valence-corrected chi connectivity index (χ4v) is 3.55. The van der Waals surface area contributed by atoms with Crippen LogP contribution in [0, 0.1) is 6.92 Å². The summed E-state index contributed by atoms with van der Waals surface area (Å²) in [5, 5.41) is 0. The van der Waals surface area contributed by atoms with Crippen LogP contribution < -0.4 is 11.2 Å². The first-order chi connectivity index (χ1) is 11.4. The fraction of sp³-hybridized carbons (Fsp3) is 0.688. The van der Waals surface area contributed by atoms with Crippen LogP contribution >= 0.6 is 0 Å². The summed E-state index contributed by atoms with van der Waals surface area (Å²) in [4.78, 5) is 42.4. The molecule has 3 heterocycles. The zero-order valence-corrected chi connectivity index (χ0v) is 14.2. The van der Waals surface area contributed by atoms with Crippen molar-refractivity contribution < 1.29 is 9.53 Å². The third-order valence-electron chi connectivity index (χ3n) is 5.27. The molecule has 0 aliphatic carbocycles. The first kappa shape index (κ1) is 16.9. The van der Waals surface area contributed by atoms with E-state index in [-0.39, 0.29) is 18.0 Å². The zero-order valence-electron chi connectivity index (χ0n) is 14.2. The van der Waals surface area contributed by atoms with E-state index in [4.69, 9.17) is 4.74 Å². The summed E-state index contributed by atoms with van der Waals surface area (Å²) < 4.78 is 6.74. The summed E-state index contributed by atoms with van der Waals surface area (Å²) in [7, 11) is 2.10. The molecule has 1 aromatic rings. The molecule has 2 fully saturated rings. The Labute approximate surface area is 140 Å². The van der Waals surface area contributed by atoms with Crippen molar-refractivity contribution in [2.75, 3.05) is 39.9 Å². The van der Waals surface area contributed by atoms with Crippen LogP contribution in [-0.2, 0) is 16.1 Å². The minimum atomic E-state index is -0.547. The van der Waals surface area contributed by atoms with Gasteiger partial charge in [0.2, 0.25) is 5.91 Å². The maximum Gasteiger partial charge on any atom is 0.328 e. The molecule has 0 bridgehead atoms. The van der Waals surface area contributed by atoms with Gasteiger partial charge >= 0.3 is 5.69 Å². The second kappa shape index (κ2) is 6.52. The quantitative estimate of drug-likeness (QED) is 0.761. The van der Waals surface area contributed by atoms with Crippen molar-refractivity contribution in [2.45, 2.75) is 31.8 Å². The molecule has 1 N–H and O–H groups in total. The number of H-pyrrole nitrogens is 1. The normalized spacial score (nSPS) is 21.2. The standard InChI is InChI=1S/C16H24N4O4/c1-12-9-20(15(23)17-14(12)22)10-13(21)19-6-5-18(2)16(11-19)3-7-24-8-4-16/h9H,3-8,10-11H2,1-2H3,(H,17,22,23). The summed E-state index contributed by atoms with van der Waals surface area (Å²) >= 11 is 0. The topological polar surface area (TPSA) is 87.6 Å². The molecule has 1 spiro atoms. The van der Waals surface area contributed by atoms with E-state index in [1.165, 1.54) is 10.8 Å². The first-order valence-corrected chi connectivity index (χ1v) is 8.28. The second-order valence-electron chi connectivity index (χ2n) is 6.77. The summed E-state index contributed by atoms with van der Waals surface area (Å²) in [5.41, 5.74) is -0.571. The molecule has 0 saturated carbocycles. The Morgan fingerprint density at radius 1 is 1.29 bits per heavy atom. The Kier molecular flexibility index (Phi) is 4.60. The van der Waals surface area contributed by atoms with E-state index in [0.29, 0.717) is 31.9 Å². The number of carbonyl (C=O) groups excluding carboxylic acids is 1. The number of aryl methyl sites for hydroxylation is 1. The third kappa shape index (κ3) is 3.16. The largest absolute Gasteiger partial charge is 0.381 e. The SMILES string of the molecule is Cc1cn(CC(=O)N2CCN(C)C3(CCOCC3)C2)c(=O)[nH]c1=O. The van der Waals surface area contributed by atoms with Crippen LogP contribution in [-0.4, -0.2) is 70.7 Å². The van der Waals surface area contributed by atoms with Crippen molar-refractivity contribution in [3.63, 3.8) is 0 Å². The van der Waals surface area contributed by atoms with Crippen molar-refractivity contribution in [1.82, 2.24) is 19.4 Å². The first-order valence-electron chi connectivity index (χ1n) is 8.28. The Bertz CT molecular complexity index is 732. The molecule has 2 saturated heterocycles. The molecule has 2 aliphatic rings. The molecule has 0 atom stereocenters. The van der Waals surface area contributed by atoms with Crippen molar-refractivity contribution in [2.24, 2.45) is 0 Å². The van der Waals surface area contributed by atoms with Gasteiger partial charge in [0.1, 0.15) is 6.54 Å². The highest BCUT2D eigenvalue weighted by Crippen LogP contribution is 2.30. The Morgan fingerprint density at radius 2 is 2.00 bits per heavy atom. The maximum atomic E-state index is 12.7. The summed E-state index contributed by atoms with van der Waals surface area (Å²) in [6.07, 6.45) is 3.26. The molecule has 0 unspecified atom stereocenters. The number of aromatic amines is 1. The molecular weight excluding hydrogens is 312 g/mol. The number of hydrogen-bond acceptors (Lipinski definition) is 5. The van der Waals surface area contributed by atoms with Gasteiger partial charge in [-0.1, -0.05) is 0 Å². The van der Waals surface area contributed by atoms with E-state index < -0.39 is 11.2 Å². The predicted molar refractivity (Wildman–Crippen MR) is 88.1 cm³/mol. The number of rotatable bonds is 2. The van der Waals surface area contributed by atoms with Crippen LogP contribution in [0.2, 0.25) is 0 Å². The van der Waals surface area contributed by atoms with E-state index in [9.17, 15) is 14.4 Å². The van der Waals surface area contributed by atoms with Gasteiger partial charge in [-0.25, -0.2) is 4.79 Å². The minimum Gasteiger partial charge on any atom is -0.381 e. The zero-order chi connectivity index (χ0) is 17.3. The molecule has 0 aromatic carbocycles. The molecule has 2 aliphatic heterocycles. The van der Waals surface area contributed by atoms with Gasteiger partial charge < -0.3 is 9.64 Å². The van der Waals surface area contributed by atoms with Crippen molar-refractivity contribution in [3.8, 4) is 0 Å². The molecule has 0 radical (unpaired) electrons. The van der Waals surface area contributed by atoms with Gasteiger partial charge in [0, 0.05) is 50.1 Å². The number of amides is 1. The van der Waals surface area contributed by atoms with Crippen LogP contribution in [0.25, 0.3) is 0 Å². The third-order valence-corrected chi connectivity index (χ3v) is 5.27. The Balaban J connectivity index is 1.74. The lowest BCUT2D eigenvalue weighted by atomic mass is 9.86. The minimum absolute atomic E-state index is 0.0297. The number of nitrogens with zero attached hydrogens (tertiary/aromatic N) is 3. The van der Waals surface area contributed by atoms with Gasteiger partial charge in [0.05, 0.1) is 0 Å². The summed E-state index contributed by atoms with van der Waals surface area (Å²) in [5.74, 6) is -0.0949. The average Bonchev–Trinajstić information content (AvgIpc) is 2.56. The lowest BCUT2D eigenvalue weighted by molar-refractivity contribution is -0.140. The molecule has 24 heavy (non-hydrogen) atoms. The van der Waals surface area contributed by atoms with E-state index in [1.54, 1.807) is 6.92 Å². The lowest BCUT2D eigenvalue weighted by Crippen LogP contribution is -2.64. The van der Waals surface area contributed by atoms with Crippen LogP contribution in [0.4, 0.5) is 0 Å². The van der Waals surface area contributed by atoms with Gasteiger partial charge in [-0.3, -0.25) is 24.0 Å². The van der Waals surface area contributed by atoms with E-state index in [1.807, 2.05) is 4.90 Å². The fourth-order valence-electron chi connectivity index (χ4n) is 3.55. The number of aromatic nitrogens is 2. The van der Waals surface area contributed by atoms with Crippen molar-refractivity contribution >= 4 is 5.91 Å². The number of carbonyl (C=O) groups is 1. The van der Waals surface area contributed by atoms with E-state index in [0.717, 1.165) is 19.4 Å². The van der Waals surface area contributed by atoms with E-state index in [2.05, 4.69) is 16.9 Å². The average molecular weight is 336 g/mol. The van der Waals surface area contributed by atoms with Crippen LogP contribution in [0.3, 0.4) is 0 Å².